The molecular formula is C30H38O5SSi. The van der Waals surface area contributed by atoms with Crippen molar-refractivity contribution in [1.29, 1.82) is 0 Å². The molecule has 0 radical (unpaired) electrons. The molecule has 0 heterocycles. The molecule has 5 nitrogen and oxygen atoms in total. The minimum Gasteiger partial charge on any atom is -0.405 e. The predicted molar refractivity (Wildman–Crippen MR) is 152 cm³/mol. The van der Waals surface area contributed by atoms with Crippen LogP contribution < -0.4 is 10.4 Å². The first-order valence-corrected chi connectivity index (χ1v) is 15.8. The van der Waals surface area contributed by atoms with E-state index in [0.717, 1.165) is 15.9 Å². The Kier molecular flexibility index (Phi) is 9.31. The summed E-state index contributed by atoms with van der Waals surface area (Å²) in [6.45, 7) is 13.8. The van der Waals surface area contributed by atoms with Gasteiger partial charge in [-0.05, 0) is 34.5 Å². The molecule has 1 N–H and O–H groups in total. The Hall–Kier alpha value is -2.55. The van der Waals surface area contributed by atoms with E-state index in [4.69, 9.17) is 8.61 Å². The maximum Gasteiger partial charge on any atom is 0.297 e. The van der Waals surface area contributed by atoms with Crippen LogP contribution >= 0.6 is 0 Å². The fourth-order valence-electron chi connectivity index (χ4n) is 4.61. The third kappa shape index (κ3) is 6.48. The number of hydrogen-bond donors (Lipinski definition) is 1. The molecule has 0 bridgehead atoms. The normalized spacial score (nSPS) is 15.1. The van der Waals surface area contributed by atoms with E-state index in [1.54, 1.807) is 25.1 Å². The molecule has 0 saturated heterocycles. The van der Waals surface area contributed by atoms with Crippen LogP contribution in [-0.2, 0) is 18.7 Å². The van der Waals surface area contributed by atoms with E-state index in [1.165, 1.54) is 12.1 Å². The van der Waals surface area contributed by atoms with Crippen LogP contribution in [0, 0.1) is 12.8 Å². The SMILES string of the molecule is C=C[C@H](C)[C@H](OS(=O)(=O)c1ccc(C)cc1)[C@H](O)CO[Si](c1ccccc1)(c1ccccc1)C(C)(C)C. The van der Waals surface area contributed by atoms with E-state index >= 15 is 0 Å². The van der Waals surface area contributed by atoms with Crippen molar-refractivity contribution in [2.45, 2.75) is 56.8 Å². The van der Waals surface area contributed by atoms with Gasteiger partial charge < -0.3 is 9.53 Å². The minimum atomic E-state index is -4.11. The smallest absolute Gasteiger partial charge is 0.297 e. The molecule has 37 heavy (non-hydrogen) atoms. The highest BCUT2D eigenvalue weighted by Gasteiger charge is 2.50. The van der Waals surface area contributed by atoms with E-state index in [2.05, 4.69) is 51.6 Å². The quantitative estimate of drug-likeness (QED) is 0.215. The summed E-state index contributed by atoms with van der Waals surface area (Å²) in [4.78, 5) is 0.0412. The Bertz CT molecular complexity index is 1210. The standard InChI is InChI=1S/C30H38O5SSi/c1-7-24(3)29(35-36(32,33)25-20-18-23(2)19-21-25)28(31)22-34-37(30(4,5)6,26-14-10-8-11-15-26)27-16-12-9-13-17-27/h7-21,24,28-29,31H,1,22H2,2-6H3/t24-,28+,29-/m0/s1. The summed E-state index contributed by atoms with van der Waals surface area (Å²) < 4.78 is 38.6. The zero-order chi connectivity index (χ0) is 27.3. The molecule has 7 heteroatoms. The summed E-state index contributed by atoms with van der Waals surface area (Å²) in [5.41, 5.74) is 0.939. The van der Waals surface area contributed by atoms with Crippen LogP contribution in [0.15, 0.2) is 102 Å². The third-order valence-corrected chi connectivity index (χ3v) is 13.0. The second kappa shape index (κ2) is 11.9. The molecule has 0 aliphatic heterocycles. The lowest BCUT2D eigenvalue weighted by atomic mass is 10.0. The second-order valence-electron chi connectivity index (χ2n) is 10.5. The van der Waals surface area contributed by atoms with Gasteiger partial charge >= 0.3 is 0 Å². The predicted octanol–water partition coefficient (Wildman–Crippen LogP) is 4.83. The van der Waals surface area contributed by atoms with Gasteiger partial charge in [-0.3, -0.25) is 4.18 Å². The van der Waals surface area contributed by atoms with Crippen LogP contribution in [0.1, 0.15) is 33.3 Å². The van der Waals surface area contributed by atoms with Gasteiger partial charge in [0.05, 0.1) is 11.5 Å². The Balaban J connectivity index is 1.97. The molecule has 3 aromatic rings. The van der Waals surface area contributed by atoms with Crippen molar-refractivity contribution in [3.05, 3.63) is 103 Å². The summed E-state index contributed by atoms with van der Waals surface area (Å²) in [5.74, 6) is -0.446. The molecule has 0 saturated carbocycles. The van der Waals surface area contributed by atoms with Gasteiger partial charge in [0.1, 0.15) is 12.2 Å². The van der Waals surface area contributed by atoms with E-state index < -0.39 is 36.6 Å². The largest absolute Gasteiger partial charge is 0.405 e. The van der Waals surface area contributed by atoms with Gasteiger partial charge in [-0.25, -0.2) is 0 Å². The van der Waals surface area contributed by atoms with Gasteiger partial charge in [-0.15, -0.1) is 6.58 Å². The van der Waals surface area contributed by atoms with Crippen LogP contribution in [0.5, 0.6) is 0 Å². The highest BCUT2D eigenvalue weighted by atomic mass is 32.2. The molecule has 0 spiro atoms. The zero-order valence-electron chi connectivity index (χ0n) is 22.3. The van der Waals surface area contributed by atoms with Crippen LogP contribution in [0.25, 0.3) is 0 Å². The number of aliphatic hydroxyl groups is 1. The lowest BCUT2D eigenvalue weighted by molar-refractivity contribution is -0.00933. The van der Waals surface area contributed by atoms with Gasteiger partial charge in [0, 0.05) is 5.92 Å². The fourth-order valence-corrected chi connectivity index (χ4v) is 10.4. The first-order valence-electron chi connectivity index (χ1n) is 12.5. The molecule has 0 fully saturated rings. The van der Waals surface area contributed by atoms with Gasteiger partial charge in [0.25, 0.3) is 18.4 Å². The third-order valence-electron chi connectivity index (χ3n) is 6.70. The van der Waals surface area contributed by atoms with Crippen LogP contribution in [-0.4, -0.2) is 40.7 Å². The average Bonchev–Trinajstić information content (AvgIpc) is 2.88. The Morgan fingerprint density at radius 2 is 1.41 bits per heavy atom. The van der Waals surface area contributed by atoms with Crippen molar-refractivity contribution in [2.24, 2.45) is 5.92 Å². The van der Waals surface area contributed by atoms with E-state index in [0.29, 0.717) is 0 Å². The highest BCUT2D eigenvalue weighted by molar-refractivity contribution is 7.86. The van der Waals surface area contributed by atoms with Crippen molar-refractivity contribution in [3.8, 4) is 0 Å². The van der Waals surface area contributed by atoms with E-state index in [9.17, 15) is 13.5 Å². The van der Waals surface area contributed by atoms with Gasteiger partial charge in [-0.1, -0.05) is 112 Å². The molecule has 0 aromatic heterocycles. The first-order chi connectivity index (χ1) is 17.4. The van der Waals surface area contributed by atoms with Gasteiger partial charge in [0.2, 0.25) is 0 Å². The van der Waals surface area contributed by atoms with Crippen molar-refractivity contribution in [2.75, 3.05) is 6.61 Å². The summed E-state index contributed by atoms with van der Waals surface area (Å²) in [6.07, 6.45) is -0.696. The number of benzene rings is 3. The molecule has 3 aromatic carbocycles. The topological polar surface area (TPSA) is 72.8 Å². The lowest BCUT2D eigenvalue weighted by Gasteiger charge is -2.43. The van der Waals surface area contributed by atoms with Gasteiger partial charge in [-0.2, -0.15) is 8.42 Å². The molecular weight excluding hydrogens is 500 g/mol. The summed E-state index contributed by atoms with van der Waals surface area (Å²) in [5, 5.41) is 13.2. The van der Waals surface area contributed by atoms with E-state index in [-0.39, 0.29) is 16.5 Å². The minimum absolute atomic E-state index is 0.0412. The summed E-state index contributed by atoms with van der Waals surface area (Å²) >= 11 is 0. The molecule has 0 aliphatic carbocycles. The maximum atomic E-state index is 13.1. The number of rotatable bonds is 11. The Labute approximate surface area is 223 Å². The summed E-state index contributed by atoms with van der Waals surface area (Å²) in [7, 11) is -7.04. The number of aliphatic hydroxyl groups excluding tert-OH is 1. The lowest BCUT2D eigenvalue weighted by Crippen LogP contribution is -2.67. The maximum absolute atomic E-state index is 13.1. The molecule has 0 amide bonds. The molecule has 3 rings (SSSR count). The van der Waals surface area contributed by atoms with Crippen LogP contribution in [0.3, 0.4) is 0 Å². The monoisotopic (exact) mass is 538 g/mol. The number of hydrogen-bond acceptors (Lipinski definition) is 5. The Morgan fingerprint density at radius 1 is 0.919 bits per heavy atom. The first kappa shape index (κ1) is 29.0. The fraction of sp³-hybridized carbons (Fsp3) is 0.333. The Morgan fingerprint density at radius 3 is 1.84 bits per heavy atom. The van der Waals surface area contributed by atoms with Gasteiger partial charge in [0.15, 0.2) is 0 Å². The molecule has 0 aliphatic rings. The van der Waals surface area contributed by atoms with Crippen LogP contribution in [0.2, 0.25) is 5.04 Å². The number of aryl methyl sites for hydroxylation is 1. The summed E-state index contributed by atoms with van der Waals surface area (Å²) in [6, 6.07) is 26.6. The van der Waals surface area contributed by atoms with Crippen molar-refractivity contribution >= 4 is 28.8 Å². The average molecular weight is 539 g/mol. The molecule has 198 valence electrons. The highest BCUT2D eigenvalue weighted by Crippen LogP contribution is 2.37. The molecule has 0 unspecified atom stereocenters. The zero-order valence-corrected chi connectivity index (χ0v) is 24.1. The van der Waals surface area contributed by atoms with E-state index in [1.807, 2.05) is 43.3 Å². The van der Waals surface area contributed by atoms with Crippen molar-refractivity contribution in [1.82, 2.24) is 0 Å². The molecule has 3 atom stereocenters. The van der Waals surface area contributed by atoms with Crippen LogP contribution in [0.4, 0.5) is 0 Å². The van der Waals surface area contributed by atoms with Crippen molar-refractivity contribution in [3.63, 3.8) is 0 Å². The van der Waals surface area contributed by atoms with Crippen molar-refractivity contribution < 1.29 is 22.1 Å². The second-order valence-corrected chi connectivity index (χ2v) is 16.3.